The summed E-state index contributed by atoms with van der Waals surface area (Å²) in [6.45, 7) is 3.64. The Bertz CT molecular complexity index is 1250. The SMILES string of the molecule is COc1ccc(-c2cc(=O)c3c(=O)n(-c4nc(C)cc(C)n4)[nH]c3[nH]2)cc1. The van der Waals surface area contributed by atoms with E-state index in [4.69, 9.17) is 4.74 Å². The van der Waals surface area contributed by atoms with Crippen LogP contribution in [0.3, 0.4) is 0 Å². The summed E-state index contributed by atoms with van der Waals surface area (Å²) in [5.41, 5.74) is 2.30. The molecule has 0 unspecified atom stereocenters. The second-order valence-electron chi connectivity index (χ2n) is 6.23. The van der Waals surface area contributed by atoms with Crippen molar-refractivity contribution >= 4 is 11.0 Å². The first kappa shape index (κ1) is 16.8. The highest BCUT2D eigenvalue weighted by Crippen LogP contribution is 2.20. The molecule has 4 rings (SSSR count). The molecule has 2 N–H and O–H groups in total. The van der Waals surface area contributed by atoms with Crippen LogP contribution in [0.5, 0.6) is 5.75 Å². The summed E-state index contributed by atoms with van der Waals surface area (Å²) < 4.78 is 6.33. The molecule has 0 spiro atoms. The zero-order valence-electron chi connectivity index (χ0n) is 15.0. The third-order valence-corrected chi connectivity index (χ3v) is 4.24. The molecule has 0 radical (unpaired) electrons. The molecule has 0 amide bonds. The number of nitrogens with one attached hydrogen (secondary N) is 2. The van der Waals surface area contributed by atoms with E-state index >= 15 is 0 Å². The van der Waals surface area contributed by atoms with Crippen LogP contribution in [-0.4, -0.2) is 31.8 Å². The summed E-state index contributed by atoms with van der Waals surface area (Å²) in [6, 6.07) is 10.5. The Morgan fingerprint density at radius 1 is 1.00 bits per heavy atom. The molecule has 0 aliphatic carbocycles. The Labute approximate surface area is 153 Å². The van der Waals surface area contributed by atoms with Crippen LogP contribution in [0.4, 0.5) is 0 Å². The topological polar surface area (TPSA) is 106 Å². The molecule has 1 aromatic carbocycles. The van der Waals surface area contributed by atoms with Gasteiger partial charge in [-0.25, -0.2) is 9.97 Å². The number of pyridine rings is 1. The number of benzene rings is 1. The maximum absolute atomic E-state index is 12.7. The molecule has 0 aliphatic rings. The fourth-order valence-corrected chi connectivity index (χ4v) is 3.00. The molecule has 0 atom stereocenters. The first-order valence-corrected chi connectivity index (χ1v) is 8.31. The third-order valence-electron chi connectivity index (χ3n) is 4.24. The summed E-state index contributed by atoms with van der Waals surface area (Å²) in [6.07, 6.45) is 0. The largest absolute Gasteiger partial charge is 0.497 e. The zero-order valence-corrected chi connectivity index (χ0v) is 15.0. The number of methoxy groups -OCH3 is 1. The molecular formula is C19H17N5O3. The van der Waals surface area contributed by atoms with Crippen molar-refractivity contribution in [2.24, 2.45) is 0 Å². The van der Waals surface area contributed by atoms with E-state index in [-0.39, 0.29) is 16.8 Å². The lowest BCUT2D eigenvalue weighted by Gasteiger charge is -2.04. The van der Waals surface area contributed by atoms with Crippen molar-refractivity contribution in [2.75, 3.05) is 7.11 Å². The quantitative estimate of drug-likeness (QED) is 0.580. The van der Waals surface area contributed by atoms with Crippen molar-refractivity contribution in [1.82, 2.24) is 24.7 Å². The van der Waals surface area contributed by atoms with E-state index in [0.717, 1.165) is 17.0 Å². The van der Waals surface area contributed by atoms with Crippen LogP contribution in [0.1, 0.15) is 11.4 Å². The molecule has 27 heavy (non-hydrogen) atoms. The van der Waals surface area contributed by atoms with Gasteiger partial charge in [-0.1, -0.05) is 0 Å². The van der Waals surface area contributed by atoms with E-state index in [0.29, 0.717) is 17.1 Å². The minimum Gasteiger partial charge on any atom is -0.497 e. The van der Waals surface area contributed by atoms with Gasteiger partial charge in [0.1, 0.15) is 16.8 Å². The van der Waals surface area contributed by atoms with E-state index in [1.165, 1.54) is 10.7 Å². The number of hydrogen-bond donors (Lipinski definition) is 2. The standard InChI is InChI=1S/C19H17N5O3/c1-10-8-11(2)21-19(20-10)24-18(26)16-15(25)9-14(22-17(16)23-24)12-4-6-13(27-3)7-5-12/h4-9H,1-3H3,(H2,22,23,25). The molecule has 136 valence electrons. The monoisotopic (exact) mass is 363 g/mol. The second-order valence-corrected chi connectivity index (χ2v) is 6.23. The van der Waals surface area contributed by atoms with Crippen LogP contribution in [-0.2, 0) is 0 Å². The van der Waals surface area contributed by atoms with E-state index < -0.39 is 5.56 Å². The highest BCUT2D eigenvalue weighted by atomic mass is 16.5. The van der Waals surface area contributed by atoms with Crippen molar-refractivity contribution in [3.8, 4) is 23.0 Å². The van der Waals surface area contributed by atoms with Crippen LogP contribution in [0.15, 0.2) is 46.0 Å². The molecule has 0 bridgehead atoms. The maximum atomic E-state index is 12.7. The number of nitrogens with zero attached hydrogens (tertiary/aromatic N) is 3. The number of aromatic amines is 2. The van der Waals surface area contributed by atoms with Crippen LogP contribution in [0.2, 0.25) is 0 Å². The van der Waals surface area contributed by atoms with E-state index in [2.05, 4.69) is 20.1 Å². The molecule has 3 heterocycles. The lowest BCUT2D eigenvalue weighted by Crippen LogP contribution is -2.20. The Morgan fingerprint density at radius 2 is 1.67 bits per heavy atom. The minimum atomic E-state index is -0.488. The normalized spacial score (nSPS) is 11.1. The summed E-state index contributed by atoms with van der Waals surface area (Å²) in [5.74, 6) is 0.918. The number of H-pyrrole nitrogens is 2. The van der Waals surface area contributed by atoms with Crippen LogP contribution < -0.4 is 15.7 Å². The van der Waals surface area contributed by atoms with Gasteiger partial charge in [0.25, 0.3) is 11.5 Å². The Hall–Kier alpha value is -3.68. The fraction of sp³-hybridized carbons (Fsp3) is 0.158. The van der Waals surface area contributed by atoms with Gasteiger partial charge in [-0.05, 0) is 49.7 Å². The van der Waals surface area contributed by atoms with Crippen molar-refractivity contribution in [3.63, 3.8) is 0 Å². The third kappa shape index (κ3) is 2.91. The minimum absolute atomic E-state index is 0.0371. The molecule has 0 fully saturated rings. The Kier molecular flexibility index (Phi) is 3.88. The first-order chi connectivity index (χ1) is 13.0. The van der Waals surface area contributed by atoms with Gasteiger partial charge in [0.15, 0.2) is 5.43 Å². The molecule has 8 heteroatoms. The Balaban J connectivity index is 1.90. The lowest BCUT2D eigenvalue weighted by molar-refractivity contribution is 0.415. The van der Waals surface area contributed by atoms with Gasteiger partial charge < -0.3 is 9.72 Å². The number of aromatic nitrogens is 5. The van der Waals surface area contributed by atoms with Gasteiger partial charge in [0, 0.05) is 17.5 Å². The maximum Gasteiger partial charge on any atom is 0.287 e. The van der Waals surface area contributed by atoms with Crippen molar-refractivity contribution < 1.29 is 4.74 Å². The zero-order chi connectivity index (χ0) is 19.1. The smallest absolute Gasteiger partial charge is 0.287 e. The number of hydrogen-bond acceptors (Lipinski definition) is 5. The molecular weight excluding hydrogens is 346 g/mol. The van der Waals surface area contributed by atoms with E-state index in [9.17, 15) is 9.59 Å². The van der Waals surface area contributed by atoms with Crippen molar-refractivity contribution in [3.05, 3.63) is 68.4 Å². The molecule has 4 aromatic rings. The molecule has 3 aromatic heterocycles. The fourth-order valence-electron chi connectivity index (χ4n) is 3.00. The number of aryl methyl sites for hydroxylation is 2. The summed E-state index contributed by atoms with van der Waals surface area (Å²) in [4.78, 5) is 37.0. The van der Waals surface area contributed by atoms with Crippen molar-refractivity contribution in [1.29, 1.82) is 0 Å². The highest BCUT2D eigenvalue weighted by molar-refractivity contribution is 5.78. The summed E-state index contributed by atoms with van der Waals surface area (Å²) >= 11 is 0. The average Bonchev–Trinajstić information content (AvgIpc) is 2.98. The lowest BCUT2D eigenvalue weighted by atomic mass is 10.1. The molecule has 0 saturated heterocycles. The van der Waals surface area contributed by atoms with Crippen molar-refractivity contribution in [2.45, 2.75) is 13.8 Å². The first-order valence-electron chi connectivity index (χ1n) is 8.31. The summed E-state index contributed by atoms with van der Waals surface area (Å²) in [5, 5.41) is 2.94. The van der Waals surface area contributed by atoms with Gasteiger partial charge >= 0.3 is 0 Å². The van der Waals surface area contributed by atoms with Gasteiger partial charge in [-0.2, -0.15) is 4.68 Å². The second kappa shape index (κ2) is 6.24. The Morgan fingerprint density at radius 3 is 2.30 bits per heavy atom. The van der Waals surface area contributed by atoms with E-state index in [1.807, 2.05) is 32.0 Å². The average molecular weight is 363 g/mol. The molecule has 0 saturated carbocycles. The van der Waals surface area contributed by atoms with Gasteiger partial charge in [-0.3, -0.25) is 14.7 Å². The predicted molar refractivity (Wildman–Crippen MR) is 102 cm³/mol. The number of rotatable bonds is 3. The predicted octanol–water partition coefficient (Wildman–Crippen LogP) is 2.09. The van der Waals surface area contributed by atoms with Gasteiger partial charge in [0.05, 0.1) is 12.8 Å². The number of ether oxygens (including phenoxy) is 1. The van der Waals surface area contributed by atoms with Crippen LogP contribution >= 0.6 is 0 Å². The number of fused-ring (bicyclic) bond motifs is 1. The van der Waals surface area contributed by atoms with Crippen LogP contribution in [0.25, 0.3) is 28.2 Å². The molecule has 0 aliphatic heterocycles. The summed E-state index contributed by atoms with van der Waals surface area (Å²) in [7, 11) is 1.59. The van der Waals surface area contributed by atoms with E-state index in [1.54, 1.807) is 19.2 Å². The molecule has 8 nitrogen and oxygen atoms in total. The van der Waals surface area contributed by atoms with Gasteiger partial charge in [-0.15, -0.1) is 0 Å². The highest BCUT2D eigenvalue weighted by Gasteiger charge is 2.15. The van der Waals surface area contributed by atoms with Gasteiger partial charge in [0.2, 0.25) is 0 Å². The van der Waals surface area contributed by atoms with Crippen LogP contribution in [0, 0.1) is 13.8 Å².